The Hall–Kier alpha value is -1.35. The van der Waals surface area contributed by atoms with Crippen LogP contribution in [-0.2, 0) is 0 Å². The van der Waals surface area contributed by atoms with Crippen molar-refractivity contribution in [3.8, 4) is 0 Å². The van der Waals surface area contributed by atoms with Crippen molar-refractivity contribution in [1.29, 1.82) is 0 Å². The average molecular weight is 285 g/mol. The first kappa shape index (κ1) is 14.6. The minimum absolute atomic E-state index is 0.279. The smallest absolute Gasteiger partial charge is 0.124 e. The third kappa shape index (κ3) is 3.13. The molecule has 1 aromatic heterocycles. The van der Waals surface area contributed by atoms with Crippen molar-refractivity contribution in [2.24, 2.45) is 11.8 Å². The number of fused-ring (bicyclic) bond motifs is 1. The van der Waals surface area contributed by atoms with Gasteiger partial charge in [0.05, 0.1) is 17.1 Å². The highest BCUT2D eigenvalue weighted by Gasteiger charge is 2.29. The van der Waals surface area contributed by atoms with E-state index in [1.807, 2.05) is 6.07 Å². The van der Waals surface area contributed by atoms with Crippen LogP contribution in [0.4, 0.5) is 0 Å². The second-order valence-corrected chi connectivity index (χ2v) is 6.83. The zero-order valence-corrected chi connectivity index (χ0v) is 13.4. The second kappa shape index (κ2) is 6.18. The molecule has 114 valence electrons. The number of aromatic amines is 1. The van der Waals surface area contributed by atoms with Gasteiger partial charge in [-0.3, -0.25) is 0 Å². The maximum absolute atomic E-state index is 4.73. The zero-order valence-electron chi connectivity index (χ0n) is 13.4. The average Bonchev–Trinajstić information content (AvgIpc) is 2.91. The Morgan fingerprint density at radius 1 is 1.14 bits per heavy atom. The van der Waals surface area contributed by atoms with E-state index in [-0.39, 0.29) is 6.04 Å². The molecular formula is C18H27N3. The minimum atomic E-state index is 0.279. The number of nitrogens with zero attached hydrogens (tertiary/aromatic N) is 1. The number of hydrogen-bond donors (Lipinski definition) is 2. The Labute approximate surface area is 127 Å². The van der Waals surface area contributed by atoms with Gasteiger partial charge in [0.2, 0.25) is 0 Å². The lowest BCUT2D eigenvalue weighted by molar-refractivity contribution is 0.193. The molecule has 3 rings (SSSR count). The molecule has 21 heavy (non-hydrogen) atoms. The third-order valence-electron chi connectivity index (χ3n) is 4.96. The number of H-pyrrole nitrogens is 1. The van der Waals surface area contributed by atoms with Crippen LogP contribution in [0.3, 0.4) is 0 Å². The minimum Gasteiger partial charge on any atom is -0.341 e. The van der Waals surface area contributed by atoms with Crippen molar-refractivity contribution in [2.45, 2.75) is 58.5 Å². The van der Waals surface area contributed by atoms with Gasteiger partial charge in [0.1, 0.15) is 5.82 Å². The molecule has 1 aliphatic rings. The molecule has 0 aliphatic heterocycles. The summed E-state index contributed by atoms with van der Waals surface area (Å²) < 4.78 is 0. The van der Waals surface area contributed by atoms with E-state index in [9.17, 15) is 0 Å². The van der Waals surface area contributed by atoms with Crippen molar-refractivity contribution in [2.75, 3.05) is 0 Å². The van der Waals surface area contributed by atoms with Gasteiger partial charge < -0.3 is 10.3 Å². The Balaban J connectivity index is 1.73. The van der Waals surface area contributed by atoms with Crippen LogP contribution in [0.15, 0.2) is 24.3 Å². The maximum atomic E-state index is 4.73. The molecule has 1 heterocycles. The van der Waals surface area contributed by atoms with Crippen LogP contribution >= 0.6 is 0 Å². The second-order valence-electron chi connectivity index (χ2n) is 6.83. The highest BCUT2D eigenvalue weighted by atomic mass is 15.0. The van der Waals surface area contributed by atoms with Crippen LogP contribution in [-0.4, -0.2) is 16.0 Å². The lowest BCUT2D eigenvalue weighted by Crippen LogP contribution is -2.42. The van der Waals surface area contributed by atoms with Crippen molar-refractivity contribution in [3.63, 3.8) is 0 Å². The van der Waals surface area contributed by atoms with Gasteiger partial charge >= 0.3 is 0 Å². The van der Waals surface area contributed by atoms with Crippen molar-refractivity contribution < 1.29 is 0 Å². The predicted molar refractivity (Wildman–Crippen MR) is 88.2 cm³/mol. The Morgan fingerprint density at radius 3 is 2.67 bits per heavy atom. The molecule has 0 radical (unpaired) electrons. The summed E-state index contributed by atoms with van der Waals surface area (Å²) >= 11 is 0. The molecule has 0 saturated heterocycles. The summed E-state index contributed by atoms with van der Waals surface area (Å²) in [5, 5.41) is 3.83. The van der Waals surface area contributed by atoms with Gasteiger partial charge in [-0.2, -0.15) is 0 Å². The van der Waals surface area contributed by atoms with E-state index < -0.39 is 0 Å². The Kier molecular flexibility index (Phi) is 4.29. The van der Waals surface area contributed by atoms with E-state index >= 15 is 0 Å². The molecule has 3 heteroatoms. The highest BCUT2D eigenvalue weighted by Crippen LogP contribution is 2.31. The number of para-hydroxylation sites is 2. The molecule has 3 unspecified atom stereocenters. The largest absolute Gasteiger partial charge is 0.341 e. The molecule has 0 spiro atoms. The van der Waals surface area contributed by atoms with E-state index in [1.165, 1.54) is 25.7 Å². The third-order valence-corrected chi connectivity index (χ3v) is 4.96. The first-order valence-corrected chi connectivity index (χ1v) is 8.36. The Bertz CT molecular complexity index is 554. The van der Waals surface area contributed by atoms with Gasteiger partial charge in [0.15, 0.2) is 0 Å². The fraction of sp³-hybridized carbons (Fsp3) is 0.611. The summed E-state index contributed by atoms with van der Waals surface area (Å²) in [7, 11) is 0. The Morgan fingerprint density at radius 2 is 1.90 bits per heavy atom. The quantitative estimate of drug-likeness (QED) is 0.872. The van der Waals surface area contributed by atoms with Crippen molar-refractivity contribution in [3.05, 3.63) is 30.1 Å². The summed E-state index contributed by atoms with van der Waals surface area (Å²) in [6.07, 6.45) is 5.41. The standard InChI is InChI=1S/C18H27N3/c1-12(2)14-8-4-5-9-15(14)19-13(3)18-20-16-10-6-7-11-17(16)21-18/h6-7,10-15,19H,4-5,8-9H2,1-3H3,(H,20,21). The summed E-state index contributed by atoms with van der Waals surface area (Å²) in [6.45, 7) is 6.94. The van der Waals surface area contributed by atoms with E-state index in [1.54, 1.807) is 0 Å². The fourth-order valence-electron chi connectivity index (χ4n) is 3.74. The zero-order chi connectivity index (χ0) is 14.8. The summed E-state index contributed by atoms with van der Waals surface area (Å²) in [6, 6.07) is 9.17. The first-order valence-electron chi connectivity index (χ1n) is 8.36. The molecule has 0 bridgehead atoms. The number of hydrogen-bond acceptors (Lipinski definition) is 2. The first-order chi connectivity index (χ1) is 10.1. The van der Waals surface area contributed by atoms with E-state index in [2.05, 4.69) is 49.3 Å². The van der Waals surface area contributed by atoms with Gasteiger partial charge in [-0.05, 0) is 43.7 Å². The number of imidazole rings is 1. The van der Waals surface area contributed by atoms with Crippen LogP contribution in [0.5, 0.6) is 0 Å². The van der Waals surface area contributed by atoms with Gasteiger partial charge in [-0.15, -0.1) is 0 Å². The number of rotatable bonds is 4. The van der Waals surface area contributed by atoms with Crippen LogP contribution in [0.1, 0.15) is 58.3 Å². The lowest BCUT2D eigenvalue weighted by Gasteiger charge is -2.36. The maximum Gasteiger partial charge on any atom is 0.124 e. The topological polar surface area (TPSA) is 40.7 Å². The van der Waals surface area contributed by atoms with E-state index in [0.29, 0.717) is 6.04 Å². The van der Waals surface area contributed by atoms with E-state index in [0.717, 1.165) is 28.7 Å². The normalized spacial score (nSPS) is 24.6. The molecule has 1 aromatic carbocycles. The van der Waals surface area contributed by atoms with Crippen LogP contribution in [0.2, 0.25) is 0 Å². The van der Waals surface area contributed by atoms with Crippen molar-refractivity contribution in [1.82, 2.24) is 15.3 Å². The molecule has 1 saturated carbocycles. The van der Waals surface area contributed by atoms with Crippen LogP contribution in [0.25, 0.3) is 11.0 Å². The summed E-state index contributed by atoms with van der Waals surface area (Å²) in [4.78, 5) is 8.19. The van der Waals surface area contributed by atoms with Gasteiger partial charge in [-0.1, -0.05) is 38.8 Å². The fourth-order valence-corrected chi connectivity index (χ4v) is 3.74. The molecule has 0 amide bonds. The van der Waals surface area contributed by atoms with Gasteiger partial charge in [0, 0.05) is 6.04 Å². The highest BCUT2D eigenvalue weighted by molar-refractivity contribution is 5.74. The predicted octanol–water partition coefficient (Wildman–Crippen LogP) is 4.43. The van der Waals surface area contributed by atoms with E-state index in [4.69, 9.17) is 4.98 Å². The van der Waals surface area contributed by atoms with Crippen molar-refractivity contribution >= 4 is 11.0 Å². The molecule has 1 aliphatic carbocycles. The monoisotopic (exact) mass is 285 g/mol. The molecular weight excluding hydrogens is 258 g/mol. The number of benzene rings is 1. The number of aromatic nitrogens is 2. The SMILES string of the molecule is CC(NC1CCCCC1C(C)C)c1nc2ccccc2[nH]1. The number of nitrogens with one attached hydrogen (secondary N) is 2. The lowest BCUT2D eigenvalue weighted by atomic mass is 9.77. The van der Waals surface area contributed by atoms with Gasteiger partial charge in [-0.25, -0.2) is 4.98 Å². The van der Waals surface area contributed by atoms with Gasteiger partial charge in [0.25, 0.3) is 0 Å². The van der Waals surface area contributed by atoms with Crippen LogP contribution < -0.4 is 5.32 Å². The molecule has 1 fully saturated rings. The molecule has 3 atom stereocenters. The molecule has 2 N–H and O–H groups in total. The summed E-state index contributed by atoms with van der Waals surface area (Å²) in [5.74, 6) is 2.61. The summed E-state index contributed by atoms with van der Waals surface area (Å²) in [5.41, 5.74) is 2.19. The molecule has 2 aromatic rings. The van der Waals surface area contributed by atoms with Crippen LogP contribution in [0, 0.1) is 11.8 Å². The molecule has 3 nitrogen and oxygen atoms in total.